The fourth-order valence-electron chi connectivity index (χ4n) is 2.15. The van der Waals surface area contributed by atoms with Crippen molar-refractivity contribution in [2.75, 3.05) is 19.6 Å². The third-order valence-corrected chi connectivity index (χ3v) is 3.38. The molecule has 84 valence electrons. The maximum absolute atomic E-state index is 11.2. The van der Waals surface area contributed by atoms with Crippen molar-refractivity contribution in [1.82, 2.24) is 15.5 Å². The summed E-state index contributed by atoms with van der Waals surface area (Å²) in [6, 6.07) is 0.530. The van der Waals surface area contributed by atoms with Gasteiger partial charge < -0.3 is 15.5 Å². The Morgan fingerprint density at radius 1 is 1.47 bits per heavy atom. The number of carbonyl (C=O) groups is 1. The zero-order chi connectivity index (χ0) is 10.7. The number of piperazine rings is 1. The zero-order valence-corrected chi connectivity index (χ0v) is 9.61. The van der Waals surface area contributed by atoms with Gasteiger partial charge in [-0.3, -0.25) is 4.79 Å². The lowest BCUT2D eigenvalue weighted by molar-refractivity contribution is -0.122. The van der Waals surface area contributed by atoms with E-state index < -0.39 is 0 Å². The molecule has 15 heavy (non-hydrogen) atoms. The van der Waals surface area contributed by atoms with Crippen LogP contribution in [0.2, 0.25) is 0 Å². The Kier molecular flexibility index (Phi) is 3.41. The van der Waals surface area contributed by atoms with E-state index in [4.69, 9.17) is 12.2 Å². The maximum atomic E-state index is 11.2. The van der Waals surface area contributed by atoms with Gasteiger partial charge in [0.1, 0.15) is 0 Å². The molecule has 0 atom stereocenters. The van der Waals surface area contributed by atoms with E-state index in [1.165, 1.54) is 25.7 Å². The van der Waals surface area contributed by atoms with Crippen LogP contribution in [0.5, 0.6) is 0 Å². The summed E-state index contributed by atoms with van der Waals surface area (Å²) >= 11 is 5.30. The van der Waals surface area contributed by atoms with Crippen molar-refractivity contribution in [3.8, 4) is 0 Å². The van der Waals surface area contributed by atoms with Gasteiger partial charge >= 0.3 is 0 Å². The van der Waals surface area contributed by atoms with E-state index in [0.717, 1.165) is 11.7 Å². The number of amides is 1. The van der Waals surface area contributed by atoms with E-state index in [2.05, 4.69) is 10.6 Å². The molecule has 2 N–H and O–H groups in total. The Hall–Kier alpha value is -0.840. The number of rotatable bonds is 1. The maximum Gasteiger partial charge on any atom is 0.239 e. The van der Waals surface area contributed by atoms with Gasteiger partial charge in [-0.25, -0.2) is 0 Å². The van der Waals surface area contributed by atoms with Gasteiger partial charge in [-0.2, -0.15) is 0 Å². The Balaban J connectivity index is 1.81. The highest BCUT2D eigenvalue weighted by Crippen LogP contribution is 2.17. The Morgan fingerprint density at radius 3 is 2.87 bits per heavy atom. The van der Waals surface area contributed by atoms with Crippen molar-refractivity contribution in [3.63, 3.8) is 0 Å². The van der Waals surface area contributed by atoms with Crippen molar-refractivity contribution in [2.24, 2.45) is 0 Å². The third-order valence-electron chi connectivity index (χ3n) is 3.01. The summed E-state index contributed by atoms with van der Waals surface area (Å²) < 4.78 is 0. The summed E-state index contributed by atoms with van der Waals surface area (Å²) in [4.78, 5) is 13.1. The normalized spacial score (nSPS) is 22.7. The zero-order valence-electron chi connectivity index (χ0n) is 8.79. The second-order valence-corrected chi connectivity index (χ2v) is 4.59. The van der Waals surface area contributed by atoms with Crippen LogP contribution in [0.1, 0.15) is 25.7 Å². The molecule has 0 aromatic heterocycles. The molecule has 2 fully saturated rings. The molecule has 0 radical (unpaired) electrons. The van der Waals surface area contributed by atoms with Crippen LogP contribution in [0, 0.1) is 0 Å². The van der Waals surface area contributed by atoms with Crippen molar-refractivity contribution in [2.45, 2.75) is 31.7 Å². The van der Waals surface area contributed by atoms with Gasteiger partial charge in [0.2, 0.25) is 5.91 Å². The first-order valence-electron chi connectivity index (χ1n) is 5.58. The summed E-state index contributed by atoms with van der Waals surface area (Å²) in [7, 11) is 0. The molecule has 1 amide bonds. The summed E-state index contributed by atoms with van der Waals surface area (Å²) in [5.41, 5.74) is 0. The fraction of sp³-hybridized carbons (Fsp3) is 0.800. The molecular weight excluding hydrogens is 210 g/mol. The average molecular weight is 227 g/mol. The van der Waals surface area contributed by atoms with Crippen molar-refractivity contribution < 1.29 is 4.79 Å². The van der Waals surface area contributed by atoms with E-state index in [-0.39, 0.29) is 5.91 Å². The molecule has 1 saturated heterocycles. The largest absolute Gasteiger partial charge is 0.360 e. The van der Waals surface area contributed by atoms with Gasteiger partial charge in [0.05, 0.1) is 6.54 Å². The van der Waals surface area contributed by atoms with Gasteiger partial charge in [0, 0.05) is 19.1 Å². The van der Waals surface area contributed by atoms with Gasteiger partial charge in [-0.15, -0.1) is 0 Å². The Bertz CT molecular complexity index is 263. The topological polar surface area (TPSA) is 44.4 Å². The molecule has 2 rings (SSSR count). The Labute approximate surface area is 95.4 Å². The van der Waals surface area contributed by atoms with Crippen LogP contribution < -0.4 is 10.6 Å². The number of hydrogen-bond acceptors (Lipinski definition) is 2. The number of hydrogen-bond donors (Lipinski definition) is 2. The molecule has 0 spiro atoms. The monoisotopic (exact) mass is 227 g/mol. The summed E-state index contributed by atoms with van der Waals surface area (Å²) in [5, 5.41) is 6.89. The predicted molar refractivity (Wildman–Crippen MR) is 62.6 cm³/mol. The molecule has 0 aromatic rings. The minimum Gasteiger partial charge on any atom is -0.360 e. The number of nitrogens with zero attached hydrogens (tertiary/aromatic N) is 1. The van der Waals surface area contributed by atoms with Gasteiger partial charge in [-0.05, 0) is 25.1 Å². The highest BCUT2D eigenvalue weighted by molar-refractivity contribution is 7.80. The van der Waals surface area contributed by atoms with Gasteiger partial charge in [0.25, 0.3) is 0 Å². The van der Waals surface area contributed by atoms with Crippen LogP contribution >= 0.6 is 12.2 Å². The van der Waals surface area contributed by atoms with Crippen molar-refractivity contribution >= 4 is 23.2 Å². The third kappa shape index (κ3) is 2.81. The SMILES string of the molecule is O=C1CN(C(=S)NC2CCCC2)CCN1. The summed E-state index contributed by atoms with van der Waals surface area (Å²) in [6.45, 7) is 1.92. The average Bonchev–Trinajstić information content (AvgIpc) is 2.70. The highest BCUT2D eigenvalue weighted by Gasteiger charge is 2.21. The number of thiocarbonyl (C=S) groups is 1. The minimum absolute atomic E-state index is 0.0665. The molecule has 1 heterocycles. The highest BCUT2D eigenvalue weighted by atomic mass is 32.1. The van der Waals surface area contributed by atoms with E-state index in [1.807, 2.05) is 4.90 Å². The molecule has 1 saturated carbocycles. The van der Waals surface area contributed by atoms with Crippen molar-refractivity contribution in [3.05, 3.63) is 0 Å². The number of carbonyl (C=O) groups excluding carboxylic acids is 1. The standard InChI is InChI=1S/C10H17N3OS/c14-9-7-13(6-5-11-9)10(15)12-8-3-1-2-4-8/h8H,1-7H2,(H,11,14)(H,12,15). The van der Waals surface area contributed by atoms with Crippen LogP contribution in [-0.2, 0) is 4.79 Å². The molecule has 4 nitrogen and oxygen atoms in total. The van der Waals surface area contributed by atoms with E-state index in [1.54, 1.807) is 0 Å². The smallest absolute Gasteiger partial charge is 0.239 e. The first-order chi connectivity index (χ1) is 7.25. The van der Waals surface area contributed by atoms with E-state index in [9.17, 15) is 4.79 Å². The van der Waals surface area contributed by atoms with Crippen LogP contribution in [0.25, 0.3) is 0 Å². The molecular formula is C10H17N3OS. The fourth-order valence-corrected chi connectivity index (χ4v) is 2.47. The summed E-state index contributed by atoms with van der Waals surface area (Å²) in [6.07, 6.45) is 5.00. The van der Waals surface area contributed by atoms with E-state index >= 15 is 0 Å². The molecule has 0 unspecified atom stereocenters. The molecule has 5 heteroatoms. The predicted octanol–water partition coefficient (Wildman–Crippen LogP) is 0.235. The Morgan fingerprint density at radius 2 is 2.20 bits per heavy atom. The first-order valence-corrected chi connectivity index (χ1v) is 5.98. The minimum atomic E-state index is 0.0665. The first kappa shape index (κ1) is 10.7. The van der Waals surface area contributed by atoms with Crippen LogP contribution in [0.4, 0.5) is 0 Å². The van der Waals surface area contributed by atoms with Crippen LogP contribution in [0.15, 0.2) is 0 Å². The van der Waals surface area contributed by atoms with Crippen LogP contribution in [0.3, 0.4) is 0 Å². The van der Waals surface area contributed by atoms with Gasteiger partial charge in [-0.1, -0.05) is 12.8 Å². The van der Waals surface area contributed by atoms with Gasteiger partial charge in [0.15, 0.2) is 5.11 Å². The lowest BCUT2D eigenvalue weighted by Crippen LogP contribution is -2.54. The molecule has 2 aliphatic rings. The lowest BCUT2D eigenvalue weighted by atomic mass is 10.2. The van der Waals surface area contributed by atoms with Crippen LogP contribution in [-0.4, -0.2) is 41.6 Å². The number of nitrogens with one attached hydrogen (secondary N) is 2. The van der Waals surface area contributed by atoms with E-state index in [0.29, 0.717) is 19.1 Å². The molecule has 1 aliphatic heterocycles. The second kappa shape index (κ2) is 4.79. The molecule has 0 aromatic carbocycles. The summed E-state index contributed by atoms with van der Waals surface area (Å²) in [5.74, 6) is 0.0665. The molecule has 1 aliphatic carbocycles. The lowest BCUT2D eigenvalue weighted by Gasteiger charge is -2.30. The quantitative estimate of drug-likeness (QED) is 0.630. The second-order valence-electron chi connectivity index (χ2n) is 4.20. The molecule has 0 bridgehead atoms. The van der Waals surface area contributed by atoms with Crippen molar-refractivity contribution in [1.29, 1.82) is 0 Å².